The number of amides is 1. The molecule has 0 aliphatic carbocycles. The Morgan fingerprint density at radius 3 is 2.72 bits per heavy atom. The molecule has 1 heterocycles. The summed E-state index contributed by atoms with van der Waals surface area (Å²) in [6, 6.07) is 14.9. The Hall–Kier alpha value is -2.24. The highest BCUT2D eigenvalue weighted by atomic mass is 35.5. The zero-order valence-corrected chi connectivity index (χ0v) is 15.4. The van der Waals surface area contributed by atoms with Gasteiger partial charge in [0.15, 0.2) is 0 Å². The Balaban J connectivity index is 1.72. The number of carbonyl (C=O) groups is 1. The molecule has 0 fully saturated rings. The van der Waals surface area contributed by atoms with Crippen molar-refractivity contribution in [1.29, 1.82) is 0 Å². The maximum atomic E-state index is 12.1. The lowest BCUT2D eigenvalue weighted by Gasteiger charge is -2.09. The number of anilines is 1. The van der Waals surface area contributed by atoms with E-state index in [0.29, 0.717) is 5.02 Å². The number of aryl methyl sites for hydroxylation is 1. The van der Waals surface area contributed by atoms with E-state index in [2.05, 4.69) is 10.3 Å². The van der Waals surface area contributed by atoms with Crippen molar-refractivity contribution in [2.45, 2.75) is 11.9 Å². The summed E-state index contributed by atoms with van der Waals surface area (Å²) in [5, 5.41) is 5.32. The van der Waals surface area contributed by atoms with Crippen molar-refractivity contribution >= 4 is 45.9 Å². The van der Waals surface area contributed by atoms with Gasteiger partial charge in [-0.25, -0.2) is 4.98 Å². The number of carbonyl (C=O) groups excluding carboxylic acids is 1. The first kappa shape index (κ1) is 17.6. The number of hydrogen-bond donors (Lipinski definition) is 1. The molecule has 6 heteroatoms. The van der Waals surface area contributed by atoms with Crippen LogP contribution in [0, 0.1) is 6.92 Å². The summed E-state index contributed by atoms with van der Waals surface area (Å²) >= 11 is 7.24. The Bertz CT molecular complexity index is 913. The van der Waals surface area contributed by atoms with Crippen LogP contribution in [0.1, 0.15) is 5.56 Å². The van der Waals surface area contributed by atoms with E-state index >= 15 is 0 Å². The Labute approximate surface area is 155 Å². The van der Waals surface area contributed by atoms with E-state index in [-0.39, 0.29) is 11.7 Å². The molecule has 3 rings (SSSR count). The number of methoxy groups -OCH3 is 1. The zero-order chi connectivity index (χ0) is 17.8. The summed E-state index contributed by atoms with van der Waals surface area (Å²) in [4.78, 5) is 16.8. The van der Waals surface area contributed by atoms with E-state index in [1.807, 2.05) is 31.2 Å². The number of hydrogen-bond acceptors (Lipinski definition) is 4. The van der Waals surface area contributed by atoms with Gasteiger partial charge in [0.2, 0.25) is 5.91 Å². The van der Waals surface area contributed by atoms with Crippen LogP contribution < -0.4 is 10.1 Å². The van der Waals surface area contributed by atoms with Gasteiger partial charge in [-0.05, 0) is 48.9 Å². The fourth-order valence-electron chi connectivity index (χ4n) is 2.47. The van der Waals surface area contributed by atoms with E-state index in [0.717, 1.165) is 32.9 Å². The molecule has 128 valence electrons. The topological polar surface area (TPSA) is 51.2 Å². The number of nitrogens with zero attached hydrogens (tertiary/aromatic N) is 1. The van der Waals surface area contributed by atoms with Crippen LogP contribution in [0.15, 0.2) is 53.6 Å². The second-order valence-electron chi connectivity index (χ2n) is 5.48. The van der Waals surface area contributed by atoms with E-state index in [1.165, 1.54) is 11.8 Å². The van der Waals surface area contributed by atoms with Crippen LogP contribution >= 0.6 is 23.4 Å². The van der Waals surface area contributed by atoms with E-state index in [1.54, 1.807) is 31.4 Å². The van der Waals surface area contributed by atoms with Gasteiger partial charge in [0.1, 0.15) is 11.3 Å². The van der Waals surface area contributed by atoms with Crippen molar-refractivity contribution in [3.63, 3.8) is 0 Å². The van der Waals surface area contributed by atoms with E-state index < -0.39 is 0 Å². The standard InChI is InChI=1S/C19H17ClN2O2S/c1-12-10-18(22-19-15(12)4-3-5-16(19)24-2)25-11-17(23)21-14-8-6-13(20)7-9-14/h3-10H,11H2,1-2H3,(H,21,23). The van der Waals surface area contributed by atoms with Crippen LogP contribution in [-0.4, -0.2) is 23.8 Å². The van der Waals surface area contributed by atoms with Gasteiger partial charge in [-0.3, -0.25) is 4.79 Å². The third kappa shape index (κ3) is 4.24. The number of ether oxygens (including phenoxy) is 1. The van der Waals surface area contributed by atoms with Gasteiger partial charge in [0.05, 0.1) is 17.9 Å². The average molecular weight is 373 g/mol. The summed E-state index contributed by atoms with van der Waals surface area (Å²) in [5.74, 6) is 0.913. The van der Waals surface area contributed by atoms with Crippen LogP contribution in [0.4, 0.5) is 5.69 Å². The summed E-state index contributed by atoms with van der Waals surface area (Å²) in [6.07, 6.45) is 0. The van der Waals surface area contributed by atoms with Gasteiger partial charge in [-0.15, -0.1) is 0 Å². The van der Waals surface area contributed by atoms with Crippen molar-refractivity contribution in [3.05, 3.63) is 59.1 Å². The smallest absolute Gasteiger partial charge is 0.234 e. The zero-order valence-electron chi connectivity index (χ0n) is 13.9. The summed E-state index contributed by atoms with van der Waals surface area (Å²) in [6.45, 7) is 2.03. The third-order valence-electron chi connectivity index (χ3n) is 3.68. The first-order valence-electron chi connectivity index (χ1n) is 7.69. The number of pyridine rings is 1. The first-order chi connectivity index (χ1) is 12.1. The number of thioether (sulfide) groups is 1. The summed E-state index contributed by atoms with van der Waals surface area (Å²) in [7, 11) is 1.63. The van der Waals surface area contributed by atoms with Gasteiger partial charge in [-0.2, -0.15) is 0 Å². The number of rotatable bonds is 5. The lowest BCUT2D eigenvalue weighted by Crippen LogP contribution is -2.14. The largest absolute Gasteiger partial charge is 0.494 e. The molecular formula is C19H17ClN2O2S. The Morgan fingerprint density at radius 1 is 1.24 bits per heavy atom. The number of halogens is 1. The van der Waals surface area contributed by atoms with Gasteiger partial charge < -0.3 is 10.1 Å². The molecule has 0 aliphatic rings. The van der Waals surface area contributed by atoms with Crippen LogP contribution in [0.2, 0.25) is 5.02 Å². The normalized spacial score (nSPS) is 10.7. The lowest BCUT2D eigenvalue weighted by molar-refractivity contribution is -0.113. The minimum absolute atomic E-state index is 0.0908. The fourth-order valence-corrected chi connectivity index (χ4v) is 3.36. The van der Waals surface area contributed by atoms with Crippen LogP contribution in [0.5, 0.6) is 5.75 Å². The van der Waals surface area contributed by atoms with Gasteiger partial charge in [0.25, 0.3) is 0 Å². The third-order valence-corrected chi connectivity index (χ3v) is 4.85. The minimum atomic E-state index is -0.0908. The number of fused-ring (bicyclic) bond motifs is 1. The van der Waals surface area contributed by atoms with Crippen LogP contribution in [0.25, 0.3) is 10.9 Å². The molecule has 0 aliphatic heterocycles. The van der Waals surface area contributed by atoms with Crippen molar-refractivity contribution in [2.24, 2.45) is 0 Å². The van der Waals surface area contributed by atoms with Gasteiger partial charge in [-0.1, -0.05) is 35.5 Å². The molecule has 2 aromatic carbocycles. The number of para-hydroxylation sites is 1. The molecular weight excluding hydrogens is 356 g/mol. The summed E-state index contributed by atoms with van der Waals surface area (Å²) < 4.78 is 5.39. The molecule has 1 aromatic heterocycles. The second-order valence-corrected chi connectivity index (χ2v) is 6.91. The molecule has 3 aromatic rings. The van der Waals surface area contributed by atoms with Crippen LogP contribution in [0.3, 0.4) is 0 Å². The Morgan fingerprint density at radius 2 is 2.00 bits per heavy atom. The predicted octanol–water partition coefficient (Wildman–Crippen LogP) is 4.94. The lowest BCUT2D eigenvalue weighted by atomic mass is 10.1. The molecule has 0 atom stereocenters. The number of benzene rings is 2. The van der Waals surface area contributed by atoms with Crippen molar-refractivity contribution in [3.8, 4) is 5.75 Å². The highest BCUT2D eigenvalue weighted by molar-refractivity contribution is 7.99. The average Bonchev–Trinajstić information content (AvgIpc) is 2.61. The molecule has 4 nitrogen and oxygen atoms in total. The van der Waals surface area contributed by atoms with Gasteiger partial charge >= 0.3 is 0 Å². The van der Waals surface area contributed by atoms with Crippen molar-refractivity contribution in [1.82, 2.24) is 4.98 Å². The Kier molecular flexibility index (Phi) is 5.46. The molecule has 0 unspecified atom stereocenters. The second kappa shape index (κ2) is 7.76. The van der Waals surface area contributed by atoms with Crippen molar-refractivity contribution < 1.29 is 9.53 Å². The molecule has 0 saturated heterocycles. The molecule has 25 heavy (non-hydrogen) atoms. The quantitative estimate of drug-likeness (QED) is 0.645. The summed E-state index contributed by atoms with van der Waals surface area (Å²) in [5.41, 5.74) is 2.63. The number of nitrogens with one attached hydrogen (secondary N) is 1. The molecule has 1 amide bonds. The van der Waals surface area contributed by atoms with E-state index in [4.69, 9.17) is 16.3 Å². The monoisotopic (exact) mass is 372 g/mol. The molecule has 1 N–H and O–H groups in total. The van der Waals surface area contributed by atoms with Crippen molar-refractivity contribution in [2.75, 3.05) is 18.2 Å². The fraction of sp³-hybridized carbons (Fsp3) is 0.158. The minimum Gasteiger partial charge on any atom is -0.494 e. The SMILES string of the molecule is COc1cccc2c(C)cc(SCC(=O)Nc3ccc(Cl)cc3)nc12. The number of aromatic nitrogens is 1. The highest BCUT2D eigenvalue weighted by Gasteiger charge is 2.10. The van der Waals surface area contributed by atoms with Gasteiger partial charge in [0, 0.05) is 16.1 Å². The predicted molar refractivity (Wildman–Crippen MR) is 104 cm³/mol. The maximum Gasteiger partial charge on any atom is 0.234 e. The molecule has 0 saturated carbocycles. The maximum absolute atomic E-state index is 12.1. The van der Waals surface area contributed by atoms with Crippen LogP contribution in [-0.2, 0) is 4.79 Å². The first-order valence-corrected chi connectivity index (χ1v) is 9.06. The highest BCUT2D eigenvalue weighted by Crippen LogP contribution is 2.29. The molecule has 0 bridgehead atoms. The molecule has 0 radical (unpaired) electrons. The molecule has 0 spiro atoms. The van der Waals surface area contributed by atoms with E-state index in [9.17, 15) is 4.79 Å².